The van der Waals surface area contributed by atoms with Gasteiger partial charge in [0.05, 0.1) is 5.69 Å². The third kappa shape index (κ3) is 3.13. The van der Waals surface area contributed by atoms with E-state index in [0.29, 0.717) is 27.7 Å². The number of fused-ring (bicyclic) bond motifs is 1. The van der Waals surface area contributed by atoms with Crippen LogP contribution < -0.4 is 5.43 Å². The van der Waals surface area contributed by atoms with Crippen molar-refractivity contribution in [2.45, 2.75) is 0 Å². The maximum absolute atomic E-state index is 8.64. The van der Waals surface area contributed by atoms with Crippen LogP contribution in [0.2, 0.25) is 5.02 Å². The third-order valence-electron chi connectivity index (χ3n) is 2.99. The zero-order chi connectivity index (χ0) is 16.2. The molecule has 110 valence electrons. The molecule has 0 radical (unpaired) electrons. The van der Waals surface area contributed by atoms with Gasteiger partial charge in [-0.05, 0) is 42.5 Å². The molecule has 2 aromatic carbocycles. The number of halogens is 1. The van der Waals surface area contributed by atoms with E-state index in [4.69, 9.17) is 26.5 Å². The average Bonchev–Trinajstić information content (AvgIpc) is 2.99. The molecule has 0 fully saturated rings. The fourth-order valence-corrected chi connectivity index (χ4v) is 2.03. The van der Waals surface area contributed by atoms with E-state index in [2.05, 4.69) is 15.5 Å². The van der Waals surface area contributed by atoms with Crippen molar-refractivity contribution in [1.82, 2.24) is 4.98 Å². The molecule has 0 aliphatic rings. The number of nitrogens with zero attached hydrogens (tertiary/aromatic N) is 4. The highest BCUT2D eigenvalue weighted by molar-refractivity contribution is 6.30. The number of hydrazone groups is 1. The lowest BCUT2D eigenvalue weighted by Gasteiger charge is -1.97. The Morgan fingerprint density at radius 3 is 2.57 bits per heavy atom. The number of nitriles is 2. The first-order valence-corrected chi connectivity index (χ1v) is 6.88. The standard InChI is InChI=1S/C16H8ClN5O/c17-11-3-1-10(2-4-11)16-20-14-7-12(5-6-15(14)23-16)21-22-13(8-18)9-19/h1-7,21H. The lowest BCUT2D eigenvalue weighted by molar-refractivity contribution is 0.620. The molecule has 0 atom stereocenters. The van der Waals surface area contributed by atoms with Gasteiger partial charge in [-0.1, -0.05) is 11.6 Å². The smallest absolute Gasteiger partial charge is 0.237 e. The van der Waals surface area contributed by atoms with E-state index < -0.39 is 0 Å². The number of benzene rings is 2. The van der Waals surface area contributed by atoms with Gasteiger partial charge in [-0.2, -0.15) is 15.6 Å². The second-order valence-corrected chi connectivity index (χ2v) is 4.94. The van der Waals surface area contributed by atoms with Crippen LogP contribution in [0.5, 0.6) is 0 Å². The molecule has 3 rings (SSSR count). The number of hydrogen-bond donors (Lipinski definition) is 1. The van der Waals surface area contributed by atoms with Gasteiger partial charge < -0.3 is 4.42 Å². The highest BCUT2D eigenvalue weighted by Gasteiger charge is 2.08. The minimum atomic E-state index is -0.257. The molecule has 0 saturated carbocycles. The summed E-state index contributed by atoms with van der Waals surface area (Å²) in [7, 11) is 0. The van der Waals surface area contributed by atoms with Gasteiger partial charge in [0.1, 0.15) is 17.7 Å². The molecule has 0 amide bonds. The molecule has 23 heavy (non-hydrogen) atoms. The molecule has 0 saturated heterocycles. The van der Waals surface area contributed by atoms with Crippen molar-refractivity contribution in [1.29, 1.82) is 10.5 Å². The number of rotatable bonds is 3. The summed E-state index contributed by atoms with van der Waals surface area (Å²) in [6, 6.07) is 15.7. The Morgan fingerprint density at radius 2 is 1.87 bits per heavy atom. The average molecular weight is 322 g/mol. The molecule has 1 aromatic heterocycles. The molecule has 1 heterocycles. The van der Waals surface area contributed by atoms with Gasteiger partial charge in [-0.3, -0.25) is 5.43 Å². The van der Waals surface area contributed by atoms with E-state index in [1.54, 1.807) is 42.5 Å². The Morgan fingerprint density at radius 1 is 1.13 bits per heavy atom. The number of oxazole rings is 1. The fraction of sp³-hybridized carbons (Fsp3) is 0. The van der Waals surface area contributed by atoms with Crippen molar-refractivity contribution in [2.75, 3.05) is 5.43 Å². The molecule has 7 heteroatoms. The van der Waals surface area contributed by atoms with Crippen LogP contribution in [0.3, 0.4) is 0 Å². The Labute approximate surface area is 136 Å². The van der Waals surface area contributed by atoms with E-state index >= 15 is 0 Å². The van der Waals surface area contributed by atoms with Crippen LogP contribution in [0.25, 0.3) is 22.6 Å². The number of anilines is 1. The number of nitrogens with one attached hydrogen (secondary N) is 1. The summed E-state index contributed by atoms with van der Waals surface area (Å²) in [5, 5.41) is 21.6. The topological polar surface area (TPSA) is 98.0 Å². The highest BCUT2D eigenvalue weighted by atomic mass is 35.5. The van der Waals surface area contributed by atoms with Gasteiger partial charge in [-0.25, -0.2) is 4.98 Å². The van der Waals surface area contributed by atoms with Crippen molar-refractivity contribution in [3.8, 4) is 23.6 Å². The van der Waals surface area contributed by atoms with Crippen LogP contribution >= 0.6 is 11.6 Å². The summed E-state index contributed by atoms with van der Waals surface area (Å²) in [6.45, 7) is 0. The minimum Gasteiger partial charge on any atom is -0.436 e. The summed E-state index contributed by atoms with van der Waals surface area (Å²) in [5.74, 6) is 0.479. The first-order valence-electron chi connectivity index (χ1n) is 6.50. The normalized spacial score (nSPS) is 9.87. The van der Waals surface area contributed by atoms with E-state index in [9.17, 15) is 0 Å². The molecule has 0 aliphatic heterocycles. The van der Waals surface area contributed by atoms with Crippen molar-refractivity contribution >= 4 is 34.1 Å². The molecular formula is C16H8ClN5O. The predicted molar refractivity (Wildman–Crippen MR) is 86.7 cm³/mol. The Hall–Kier alpha value is -3.35. The van der Waals surface area contributed by atoms with Crippen LogP contribution in [0, 0.1) is 22.7 Å². The zero-order valence-electron chi connectivity index (χ0n) is 11.6. The second kappa shape index (κ2) is 6.18. The van der Waals surface area contributed by atoms with Crippen molar-refractivity contribution in [3.63, 3.8) is 0 Å². The monoisotopic (exact) mass is 321 g/mol. The molecule has 1 N–H and O–H groups in total. The van der Waals surface area contributed by atoms with Gasteiger partial charge in [0.2, 0.25) is 11.6 Å². The zero-order valence-corrected chi connectivity index (χ0v) is 12.4. The van der Waals surface area contributed by atoms with Gasteiger partial charge in [-0.15, -0.1) is 0 Å². The van der Waals surface area contributed by atoms with E-state index in [1.807, 2.05) is 12.1 Å². The van der Waals surface area contributed by atoms with Gasteiger partial charge in [0.15, 0.2) is 5.58 Å². The summed E-state index contributed by atoms with van der Waals surface area (Å²) >= 11 is 5.87. The second-order valence-electron chi connectivity index (χ2n) is 4.50. The van der Waals surface area contributed by atoms with Crippen LogP contribution in [0.1, 0.15) is 0 Å². The summed E-state index contributed by atoms with van der Waals surface area (Å²) < 4.78 is 5.69. The Bertz CT molecular complexity index is 960. The molecule has 6 nitrogen and oxygen atoms in total. The molecule has 0 bridgehead atoms. The molecule has 0 spiro atoms. The number of hydrogen-bond acceptors (Lipinski definition) is 6. The molecule has 0 unspecified atom stereocenters. The van der Waals surface area contributed by atoms with Crippen LogP contribution in [0.4, 0.5) is 5.69 Å². The third-order valence-corrected chi connectivity index (χ3v) is 3.24. The van der Waals surface area contributed by atoms with Crippen molar-refractivity contribution in [3.05, 3.63) is 47.5 Å². The molecule has 0 aliphatic carbocycles. The Kier molecular flexibility index (Phi) is 3.92. The van der Waals surface area contributed by atoms with Gasteiger partial charge in [0.25, 0.3) is 0 Å². The fourth-order valence-electron chi connectivity index (χ4n) is 1.91. The van der Waals surface area contributed by atoms with Crippen LogP contribution in [-0.4, -0.2) is 10.7 Å². The maximum Gasteiger partial charge on any atom is 0.237 e. The maximum atomic E-state index is 8.64. The predicted octanol–water partition coefficient (Wildman–Crippen LogP) is 3.96. The van der Waals surface area contributed by atoms with Gasteiger partial charge in [0, 0.05) is 10.6 Å². The highest BCUT2D eigenvalue weighted by Crippen LogP contribution is 2.27. The first-order chi connectivity index (χ1) is 11.2. The van der Waals surface area contributed by atoms with E-state index in [-0.39, 0.29) is 5.71 Å². The van der Waals surface area contributed by atoms with Gasteiger partial charge >= 0.3 is 0 Å². The SMILES string of the molecule is N#CC(C#N)=NNc1ccc2oc(-c3ccc(Cl)cc3)nc2c1. The quantitative estimate of drug-likeness (QED) is 0.581. The number of aromatic nitrogens is 1. The van der Waals surface area contributed by atoms with E-state index in [0.717, 1.165) is 5.56 Å². The summed E-state index contributed by atoms with van der Waals surface area (Å²) in [6.07, 6.45) is 0. The van der Waals surface area contributed by atoms with Crippen molar-refractivity contribution < 1.29 is 4.42 Å². The Balaban J connectivity index is 1.92. The van der Waals surface area contributed by atoms with E-state index in [1.165, 1.54) is 0 Å². The first kappa shape index (κ1) is 14.6. The summed E-state index contributed by atoms with van der Waals surface area (Å²) in [5.41, 5.74) is 5.04. The molecular weight excluding hydrogens is 314 g/mol. The van der Waals surface area contributed by atoms with Crippen molar-refractivity contribution in [2.24, 2.45) is 5.10 Å². The largest absolute Gasteiger partial charge is 0.436 e. The lowest BCUT2D eigenvalue weighted by atomic mass is 10.2. The van der Waals surface area contributed by atoms with Crippen LogP contribution in [0.15, 0.2) is 52.0 Å². The minimum absolute atomic E-state index is 0.257. The molecule has 3 aromatic rings. The van der Waals surface area contributed by atoms with Crippen LogP contribution in [-0.2, 0) is 0 Å². The summed E-state index contributed by atoms with van der Waals surface area (Å²) in [4.78, 5) is 4.41. The lowest BCUT2D eigenvalue weighted by Crippen LogP contribution is -1.95.